The van der Waals surface area contributed by atoms with Crippen molar-refractivity contribution in [3.05, 3.63) is 70.0 Å². The van der Waals surface area contributed by atoms with Gasteiger partial charge < -0.3 is 0 Å². The third-order valence-electron chi connectivity index (χ3n) is 7.03. The fraction of sp³-hybridized carbons (Fsp3) is 0.346. The average molecular weight is 372 g/mol. The Bertz CT molecular complexity index is 1290. The first-order chi connectivity index (χ1) is 12.7. The fourth-order valence-corrected chi connectivity index (χ4v) is 5.27. The van der Waals surface area contributed by atoms with Gasteiger partial charge in [-0.25, -0.2) is 4.57 Å². The Morgan fingerprint density at radius 2 is 1.43 bits per heavy atom. The van der Waals surface area contributed by atoms with Crippen LogP contribution in [0.15, 0.2) is 36.4 Å². The highest BCUT2D eigenvalue weighted by Gasteiger charge is 2.46. The van der Waals surface area contributed by atoms with E-state index in [0.29, 0.717) is 0 Å². The molecule has 28 heavy (non-hydrogen) atoms. The summed E-state index contributed by atoms with van der Waals surface area (Å²) in [6, 6.07) is 13.5. The number of benzene rings is 2. The summed E-state index contributed by atoms with van der Waals surface area (Å²) in [7, 11) is 0. The molecule has 2 aromatic carbocycles. The number of rotatable bonds is 0. The standard InChI is InChI=1S/C25H27N2.CH4/c1-14-15(2)17(4)26-23(16(14)3)18(5)27-24(26)21-12-19-10-8-9-11-20(19)13-22(21)25(27,6)7;/h8-13H,1-7H3;1H4/q+1;. The molecule has 0 fully saturated rings. The first-order valence-corrected chi connectivity index (χ1v) is 9.82. The molecule has 3 heterocycles. The van der Waals surface area contributed by atoms with Crippen LogP contribution in [0.25, 0.3) is 27.7 Å². The van der Waals surface area contributed by atoms with E-state index in [1.165, 1.54) is 61.3 Å². The molecule has 0 atom stereocenters. The summed E-state index contributed by atoms with van der Waals surface area (Å²) in [4.78, 5) is 0. The van der Waals surface area contributed by atoms with Gasteiger partial charge in [0, 0.05) is 18.1 Å². The van der Waals surface area contributed by atoms with E-state index in [2.05, 4.69) is 93.8 Å². The number of aromatic nitrogens is 2. The van der Waals surface area contributed by atoms with Crippen LogP contribution in [0.1, 0.15) is 54.9 Å². The van der Waals surface area contributed by atoms with Gasteiger partial charge in [-0.15, -0.1) is 0 Å². The van der Waals surface area contributed by atoms with Gasteiger partial charge in [0.2, 0.25) is 0 Å². The molecule has 0 amide bonds. The zero-order chi connectivity index (χ0) is 19.2. The van der Waals surface area contributed by atoms with Crippen molar-refractivity contribution in [1.29, 1.82) is 0 Å². The van der Waals surface area contributed by atoms with Crippen molar-refractivity contribution in [3.8, 4) is 11.4 Å². The molecule has 4 aromatic rings. The van der Waals surface area contributed by atoms with Crippen LogP contribution in [0.4, 0.5) is 0 Å². The third-order valence-corrected chi connectivity index (χ3v) is 7.03. The van der Waals surface area contributed by atoms with E-state index in [9.17, 15) is 0 Å². The molecule has 0 saturated carbocycles. The van der Waals surface area contributed by atoms with E-state index in [1.807, 2.05) is 0 Å². The van der Waals surface area contributed by atoms with Gasteiger partial charge in [0.15, 0.2) is 5.52 Å². The first kappa shape index (κ1) is 18.7. The van der Waals surface area contributed by atoms with Gasteiger partial charge in [0.25, 0.3) is 5.82 Å². The van der Waals surface area contributed by atoms with Crippen LogP contribution in [0.2, 0.25) is 0 Å². The van der Waals surface area contributed by atoms with Crippen LogP contribution in [0.5, 0.6) is 0 Å². The summed E-state index contributed by atoms with van der Waals surface area (Å²) in [5, 5.41) is 2.63. The zero-order valence-electron chi connectivity index (χ0n) is 17.4. The smallest absolute Gasteiger partial charge is 0.217 e. The predicted octanol–water partition coefficient (Wildman–Crippen LogP) is 6.32. The molecule has 0 unspecified atom stereocenters. The quantitative estimate of drug-likeness (QED) is 0.320. The topological polar surface area (TPSA) is 8.29 Å². The van der Waals surface area contributed by atoms with Gasteiger partial charge in [-0.1, -0.05) is 31.7 Å². The Morgan fingerprint density at radius 3 is 2.07 bits per heavy atom. The molecule has 0 bridgehead atoms. The van der Waals surface area contributed by atoms with E-state index >= 15 is 0 Å². The minimum Gasteiger partial charge on any atom is -0.217 e. The van der Waals surface area contributed by atoms with Crippen LogP contribution in [-0.2, 0) is 5.54 Å². The Labute approximate surface area is 168 Å². The monoisotopic (exact) mass is 371 g/mol. The molecule has 144 valence electrons. The van der Waals surface area contributed by atoms with Gasteiger partial charge in [0.05, 0.1) is 5.56 Å². The SMILES string of the molecule is C.Cc1c(C)c(C)n2c3[n+](c(C)c2c1C)C(C)(C)c1cc2ccccc2cc1-3. The number of pyridine rings is 1. The summed E-state index contributed by atoms with van der Waals surface area (Å²) in [6.45, 7) is 16.0. The van der Waals surface area contributed by atoms with Crippen LogP contribution < -0.4 is 4.57 Å². The van der Waals surface area contributed by atoms with Crippen molar-refractivity contribution in [2.75, 3.05) is 0 Å². The Morgan fingerprint density at radius 1 is 0.821 bits per heavy atom. The van der Waals surface area contributed by atoms with Crippen LogP contribution in [-0.4, -0.2) is 4.40 Å². The largest absolute Gasteiger partial charge is 0.295 e. The minimum atomic E-state index is -0.0640. The predicted molar refractivity (Wildman–Crippen MR) is 119 cm³/mol. The number of nitrogens with zero attached hydrogens (tertiary/aromatic N) is 2. The van der Waals surface area contributed by atoms with Crippen LogP contribution >= 0.6 is 0 Å². The lowest BCUT2D eigenvalue weighted by Crippen LogP contribution is -2.51. The number of fused-ring (bicyclic) bond motifs is 6. The Kier molecular flexibility index (Phi) is 3.81. The maximum Gasteiger partial charge on any atom is 0.295 e. The normalized spacial score (nSPS) is 14.2. The van der Waals surface area contributed by atoms with Crippen molar-refractivity contribution in [1.82, 2.24) is 4.40 Å². The maximum atomic E-state index is 2.56. The van der Waals surface area contributed by atoms with E-state index in [4.69, 9.17) is 0 Å². The molecule has 0 radical (unpaired) electrons. The summed E-state index contributed by atoms with van der Waals surface area (Å²) in [5.41, 5.74) is 11.0. The number of imidazole rings is 1. The molecule has 0 N–H and O–H groups in total. The highest BCUT2D eigenvalue weighted by Crippen LogP contribution is 2.43. The Balaban J connectivity index is 0.00000192. The van der Waals surface area contributed by atoms with Crippen molar-refractivity contribution >= 4 is 16.3 Å². The molecule has 2 nitrogen and oxygen atoms in total. The summed E-state index contributed by atoms with van der Waals surface area (Å²) in [5.74, 6) is 1.33. The second kappa shape index (κ2) is 5.70. The molecule has 5 rings (SSSR count). The van der Waals surface area contributed by atoms with Gasteiger partial charge in [0.1, 0.15) is 16.9 Å². The van der Waals surface area contributed by atoms with Crippen molar-refractivity contribution in [3.63, 3.8) is 0 Å². The molecule has 0 saturated heterocycles. The maximum absolute atomic E-state index is 2.56. The van der Waals surface area contributed by atoms with E-state index < -0.39 is 0 Å². The highest BCUT2D eigenvalue weighted by atomic mass is 15.2. The highest BCUT2D eigenvalue weighted by molar-refractivity contribution is 5.89. The van der Waals surface area contributed by atoms with Gasteiger partial charge in [-0.3, -0.25) is 0 Å². The van der Waals surface area contributed by atoms with Crippen molar-refractivity contribution in [2.45, 2.75) is 61.4 Å². The first-order valence-electron chi connectivity index (χ1n) is 9.82. The zero-order valence-corrected chi connectivity index (χ0v) is 17.4. The number of aryl methyl sites for hydroxylation is 3. The van der Waals surface area contributed by atoms with Crippen LogP contribution in [0.3, 0.4) is 0 Å². The second-order valence-electron chi connectivity index (χ2n) is 8.69. The van der Waals surface area contributed by atoms with Crippen molar-refractivity contribution < 1.29 is 4.57 Å². The second-order valence-corrected chi connectivity index (χ2v) is 8.69. The minimum absolute atomic E-state index is 0. The lowest BCUT2D eigenvalue weighted by molar-refractivity contribution is -0.735. The number of hydrogen-bond donors (Lipinski definition) is 0. The molecule has 0 aliphatic carbocycles. The van der Waals surface area contributed by atoms with Gasteiger partial charge in [-0.05, 0) is 75.6 Å². The molecule has 2 heteroatoms. The van der Waals surface area contributed by atoms with Crippen molar-refractivity contribution in [2.24, 2.45) is 0 Å². The molecule has 2 aromatic heterocycles. The fourth-order valence-electron chi connectivity index (χ4n) is 5.27. The summed E-state index contributed by atoms with van der Waals surface area (Å²) in [6.07, 6.45) is 0. The Hall–Kier alpha value is -2.61. The lowest BCUT2D eigenvalue weighted by atomic mass is 9.90. The van der Waals surface area contributed by atoms with Crippen LogP contribution in [0, 0.1) is 34.6 Å². The molecule has 1 aliphatic rings. The van der Waals surface area contributed by atoms with E-state index in [-0.39, 0.29) is 13.0 Å². The van der Waals surface area contributed by atoms with E-state index in [1.54, 1.807) is 0 Å². The summed E-state index contributed by atoms with van der Waals surface area (Å²) >= 11 is 0. The lowest BCUT2D eigenvalue weighted by Gasteiger charge is -2.19. The van der Waals surface area contributed by atoms with Gasteiger partial charge >= 0.3 is 0 Å². The molecular weight excluding hydrogens is 340 g/mol. The number of hydrogen-bond acceptors (Lipinski definition) is 0. The molecule has 0 spiro atoms. The summed E-state index contributed by atoms with van der Waals surface area (Å²) < 4.78 is 5.07. The average Bonchev–Trinajstić information content (AvgIpc) is 3.08. The molecular formula is C26H31N2+. The van der Waals surface area contributed by atoms with E-state index in [0.717, 1.165) is 0 Å². The van der Waals surface area contributed by atoms with Gasteiger partial charge in [-0.2, -0.15) is 4.40 Å². The molecule has 1 aliphatic heterocycles. The third kappa shape index (κ3) is 2.01.